The number of ether oxygens (including phenoxy) is 4. The number of rotatable bonds is 6. The highest BCUT2D eigenvalue weighted by Gasteiger charge is 2.71. The number of aromatic nitrogens is 1. The highest BCUT2D eigenvalue weighted by Crippen LogP contribution is 2.68. The topological polar surface area (TPSA) is 117 Å². The van der Waals surface area contributed by atoms with E-state index in [1.165, 1.54) is 0 Å². The molecular weight excluding hydrogens is 586 g/mol. The highest BCUT2D eigenvalue weighted by atomic mass is 16.7. The van der Waals surface area contributed by atoms with Crippen molar-refractivity contribution in [1.82, 2.24) is 4.98 Å². The van der Waals surface area contributed by atoms with Crippen molar-refractivity contribution in [3.8, 4) is 17.1 Å². The number of nitrogens with zero attached hydrogens (tertiary/aromatic N) is 1. The van der Waals surface area contributed by atoms with Gasteiger partial charge in [0.25, 0.3) is 0 Å². The summed E-state index contributed by atoms with van der Waals surface area (Å²) < 4.78 is 32.0. The van der Waals surface area contributed by atoms with E-state index in [0.717, 1.165) is 31.2 Å². The molecule has 3 unspecified atom stereocenters. The molecule has 2 aromatic heterocycles. The van der Waals surface area contributed by atoms with Crippen LogP contribution in [0.4, 0.5) is 0 Å². The molecule has 9 atom stereocenters. The standard InChI is InChI=1S/C37H43NO8/c1-5-6-14-29(39)44-28-19-26-35(2,16-15-27-36(26,3)21-42-34(45-27)22-11-8-7-9-12-22)32-31(40)30-25(46-37(28,32)4)18-24(43-33(30)41)23-13-10-17-38-20-23/h7-13,17-18,20,26-28,31-32,34,40H,5-6,14-16,19,21H2,1-4H3/t26?,27-,28-,31-,32?,34?,35-,36-,37+/m0/s1. The number of benzene rings is 1. The summed E-state index contributed by atoms with van der Waals surface area (Å²) in [5.74, 6) is -0.403. The Morgan fingerprint density at radius 2 is 1.91 bits per heavy atom. The molecule has 1 N–H and O–H groups in total. The fourth-order valence-corrected chi connectivity index (χ4v) is 9.18. The number of pyridine rings is 1. The lowest BCUT2D eigenvalue weighted by Crippen LogP contribution is -2.71. The summed E-state index contributed by atoms with van der Waals surface area (Å²) in [6, 6.07) is 15.1. The largest absolute Gasteiger partial charge is 0.482 e. The van der Waals surface area contributed by atoms with Crippen LogP contribution >= 0.6 is 0 Å². The summed E-state index contributed by atoms with van der Waals surface area (Å²) >= 11 is 0. The van der Waals surface area contributed by atoms with Gasteiger partial charge in [0.2, 0.25) is 0 Å². The Kier molecular flexibility index (Phi) is 7.85. The van der Waals surface area contributed by atoms with Gasteiger partial charge in [-0.15, -0.1) is 0 Å². The van der Waals surface area contributed by atoms with Crippen LogP contribution in [0.2, 0.25) is 0 Å². The average Bonchev–Trinajstić information content (AvgIpc) is 3.04. The molecule has 3 aromatic rings. The van der Waals surface area contributed by atoms with Crippen LogP contribution in [0.3, 0.4) is 0 Å². The maximum atomic E-state index is 13.6. The zero-order valence-corrected chi connectivity index (χ0v) is 26.9. The van der Waals surface area contributed by atoms with Crippen molar-refractivity contribution in [2.75, 3.05) is 6.61 Å². The molecule has 4 aliphatic rings. The Balaban J connectivity index is 1.29. The fourth-order valence-electron chi connectivity index (χ4n) is 9.18. The normalized spacial score (nSPS) is 36.3. The Bertz CT molecular complexity index is 1640. The molecular formula is C37H43NO8. The fraction of sp³-hybridized carbons (Fsp3) is 0.541. The van der Waals surface area contributed by atoms with Gasteiger partial charge in [0.05, 0.1) is 18.8 Å². The van der Waals surface area contributed by atoms with Gasteiger partial charge in [0.15, 0.2) is 6.29 Å². The van der Waals surface area contributed by atoms with Crippen LogP contribution in [0.5, 0.6) is 5.75 Å². The zero-order chi connectivity index (χ0) is 32.3. The molecule has 0 radical (unpaired) electrons. The van der Waals surface area contributed by atoms with E-state index in [4.69, 9.17) is 23.4 Å². The van der Waals surface area contributed by atoms with Crippen molar-refractivity contribution >= 4 is 5.97 Å². The molecule has 0 amide bonds. The lowest BCUT2D eigenvalue weighted by atomic mass is 9.42. The number of fused-ring (bicyclic) bond motifs is 6. The molecule has 9 nitrogen and oxygen atoms in total. The second-order valence-electron chi connectivity index (χ2n) is 14.2. The monoisotopic (exact) mass is 629 g/mol. The van der Waals surface area contributed by atoms with Gasteiger partial charge in [-0.05, 0) is 56.1 Å². The lowest BCUT2D eigenvalue weighted by molar-refractivity contribution is -0.331. The number of aliphatic hydroxyl groups excluding tert-OH is 1. The van der Waals surface area contributed by atoms with E-state index in [9.17, 15) is 14.7 Å². The van der Waals surface area contributed by atoms with Crippen LogP contribution in [-0.2, 0) is 19.0 Å². The zero-order valence-electron chi connectivity index (χ0n) is 26.9. The van der Waals surface area contributed by atoms with Crippen molar-refractivity contribution in [1.29, 1.82) is 0 Å². The number of unbranched alkanes of at least 4 members (excludes halogenated alkanes) is 1. The van der Waals surface area contributed by atoms with Gasteiger partial charge in [-0.1, -0.05) is 57.5 Å². The number of esters is 1. The SMILES string of the molecule is CCCCC(=O)O[C@H]1CC2[C@](C)(CC[C@@H]3OC(c4ccccc4)OC[C@@]23C)C2[C@@H](O)c3c(cc(-c4cccnc4)oc3=O)O[C@@]21C. The van der Waals surface area contributed by atoms with Gasteiger partial charge < -0.3 is 28.5 Å². The van der Waals surface area contributed by atoms with Gasteiger partial charge in [-0.25, -0.2) is 4.79 Å². The average molecular weight is 630 g/mol. The van der Waals surface area contributed by atoms with Crippen LogP contribution in [0.25, 0.3) is 11.3 Å². The second-order valence-corrected chi connectivity index (χ2v) is 14.2. The molecule has 3 fully saturated rings. The van der Waals surface area contributed by atoms with E-state index in [1.807, 2.05) is 44.2 Å². The van der Waals surface area contributed by atoms with E-state index < -0.39 is 46.5 Å². The molecule has 0 spiro atoms. The summed E-state index contributed by atoms with van der Waals surface area (Å²) in [4.78, 5) is 31.0. The number of aliphatic hydroxyl groups is 1. The molecule has 0 bridgehead atoms. The van der Waals surface area contributed by atoms with Crippen molar-refractivity contribution in [3.63, 3.8) is 0 Å². The molecule has 46 heavy (non-hydrogen) atoms. The van der Waals surface area contributed by atoms with E-state index in [2.05, 4.69) is 18.8 Å². The molecule has 4 heterocycles. The minimum atomic E-state index is -1.21. The summed E-state index contributed by atoms with van der Waals surface area (Å²) in [7, 11) is 0. The highest BCUT2D eigenvalue weighted by molar-refractivity contribution is 5.69. The smallest absolute Gasteiger partial charge is 0.345 e. The number of carbonyl (C=O) groups is 1. The summed E-state index contributed by atoms with van der Waals surface area (Å²) in [5, 5.41) is 12.3. The predicted molar refractivity (Wildman–Crippen MR) is 169 cm³/mol. The van der Waals surface area contributed by atoms with Crippen LogP contribution in [-0.4, -0.2) is 40.5 Å². The van der Waals surface area contributed by atoms with E-state index in [1.54, 1.807) is 30.6 Å². The van der Waals surface area contributed by atoms with Gasteiger partial charge in [0, 0.05) is 47.3 Å². The van der Waals surface area contributed by atoms with Crippen LogP contribution in [0.1, 0.15) is 89.7 Å². The lowest BCUT2D eigenvalue weighted by Gasteiger charge is -2.67. The van der Waals surface area contributed by atoms with Crippen LogP contribution in [0.15, 0.2) is 70.1 Å². The van der Waals surface area contributed by atoms with E-state index in [-0.39, 0.29) is 29.3 Å². The van der Waals surface area contributed by atoms with Crippen LogP contribution < -0.4 is 10.4 Å². The molecule has 244 valence electrons. The quantitative estimate of drug-likeness (QED) is 0.303. The third-order valence-electron chi connectivity index (χ3n) is 11.4. The van der Waals surface area contributed by atoms with Crippen molar-refractivity contribution in [3.05, 3.63) is 82.5 Å². The minimum Gasteiger partial charge on any atom is -0.482 e. The van der Waals surface area contributed by atoms with Gasteiger partial charge in [0.1, 0.15) is 28.8 Å². The van der Waals surface area contributed by atoms with Gasteiger partial charge >= 0.3 is 11.6 Å². The maximum absolute atomic E-state index is 13.6. The first-order chi connectivity index (χ1) is 22.1. The third kappa shape index (κ3) is 4.90. The first-order valence-corrected chi connectivity index (χ1v) is 16.6. The number of hydrogen-bond donors (Lipinski definition) is 1. The molecule has 1 aromatic carbocycles. The third-order valence-corrected chi connectivity index (χ3v) is 11.4. The Labute approximate surface area is 269 Å². The van der Waals surface area contributed by atoms with Crippen molar-refractivity contribution in [2.45, 2.75) is 96.4 Å². The van der Waals surface area contributed by atoms with Crippen molar-refractivity contribution < 1.29 is 33.3 Å². The minimum absolute atomic E-state index is 0.0703. The summed E-state index contributed by atoms with van der Waals surface area (Å²) in [5.41, 5.74) is -1.03. The molecule has 2 aliphatic carbocycles. The van der Waals surface area contributed by atoms with E-state index >= 15 is 0 Å². The maximum Gasteiger partial charge on any atom is 0.345 e. The first kappa shape index (κ1) is 31.1. The number of hydrogen-bond acceptors (Lipinski definition) is 9. The molecule has 1 saturated heterocycles. The molecule has 7 rings (SSSR count). The predicted octanol–water partition coefficient (Wildman–Crippen LogP) is 6.55. The number of carbonyl (C=O) groups excluding carboxylic acids is 1. The van der Waals surface area contributed by atoms with Crippen molar-refractivity contribution in [2.24, 2.45) is 22.7 Å². The molecule has 2 aliphatic heterocycles. The van der Waals surface area contributed by atoms with Gasteiger partial charge in [-0.3, -0.25) is 9.78 Å². The van der Waals surface area contributed by atoms with Gasteiger partial charge in [-0.2, -0.15) is 0 Å². The molecule has 2 saturated carbocycles. The van der Waals surface area contributed by atoms with Crippen LogP contribution in [0, 0.1) is 22.7 Å². The van der Waals surface area contributed by atoms with E-state index in [0.29, 0.717) is 30.8 Å². The first-order valence-electron chi connectivity index (χ1n) is 16.6. The molecule has 9 heteroatoms. The Hall–Kier alpha value is -3.53. The Morgan fingerprint density at radius 1 is 1.11 bits per heavy atom. The summed E-state index contributed by atoms with van der Waals surface area (Å²) in [6.45, 7) is 8.78. The second kappa shape index (κ2) is 11.6. The Morgan fingerprint density at radius 3 is 2.65 bits per heavy atom. The summed E-state index contributed by atoms with van der Waals surface area (Å²) in [6.07, 6.45) is 4.66.